The molecule has 15 nitrogen and oxygen atoms in total. The first-order valence-electron chi connectivity index (χ1n) is 21.1. The number of anilines is 1. The number of amides is 4. The number of aromatic nitrogens is 1. The van der Waals surface area contributed by atoms with Crippen molar-refractivity contribution in [2.45, 2.75) is 143 Å². The molecule has 330 valence electrons. The van der Waals surface area contributed by atoms with Crippen molar-refractivity contribution in [1.82, 2.24) is 30.9 Å². The Morgan fingerprint density at radius 1 is 1.07 bits per heavy atom. The van der Waals surface area contributed by atoms with Crippen LogP contribution < -0.4 is 21.7 Å². The second kappa shape index (κ2) is 23.5. The van der Waals surface area contributed by atoms with Crippen LogP contribution in [0, 0.1) is 17.3 Å². The van der Waals surface area contributed by atoms with Gasteiger partial charge in [0.25, 0.3) is 11.8 Å². The summed E-state index contributed by atoms with van der Waals surface area (Å²) in [6, 6.07) is 4.79. The van der Waals surface area contributed by atoms with Gasteiger partial charge in [0.05, 0.1) is 24.1 Å². The number of nitrogens with one attached hydrogen (secondary N) is 3. The van der Waals surface area contributed by atoms with E-state index in [9.17, 15) is 29.1 Å². The number of carbonyl (C=O) groups is 5. The summed E-state index contributed by atoms with van der Waals surface area (Å²) < 4.78 is 5.90. The van der Waals surface area contributed by atoms with Crippen LogP contribution in [0.5, 0.6) is 0 Å². The van der Waals surface area contributed by atoms with Gasteiger partial charge >= 0.3 is 12.1 Å². The molecule has 0 radical (unpaired) electrons. The third-order valence-electron chi connectivity index (χ3n) is 11.2. The topological polar surface area (TPSA) is 206 Å². The van der Waals surface area contributed by atoms with E-state index in [1.54, 1.807) is 31.4 Å². The maximum absolute atomic E-state index is 14.8. The second-order valence-electron chi connectivity index (χ2n) is 16.8. The lowest BCUT2D eigenvalue weighted by atomic mass is 9.84. The first-order chi connectivity index (χ1) is 27.9. The highest BCUT2D eigenvalue weighted by atomic mass is 32.1. The fraction of sp³-hybridized carbons (Fsp3) is 0.674. The number of alkyl carbamates (subject to hydrolysis) is 1. The molecule has 6 N–H and O–H groups in total. The van der Waals surface area contributed by atoms with Gasteiger partial charge in [0, 0.05) is 30.6 Å². The van der Waals surface area contributed by atoms with E-state index < -0.39 is 47.6 Å². The Balaban J connectivity index is 1.96. The number of nitrogen functional groups attached to an aromatic ring is 1. The van der Waals surface area contributed by atoms with E-state index in [0.29, 0.717) is 36.4 Å². The minimum Gasteiger partial charge on any atom is -0.481 e. The van der Waals surface area contributed by atoms with Crippen molar-refractivity contribution in [1.29, 1.82) is 0 Å². The maximum atomic E-state index is 14.8. The fourth-order valence-electron chi connectivity index (χ4n) is 7.17. The minimum absolute atomic E-state index is 0.0722. The molecule has 2 heterocycles. The summed E-state index contributed by atoms with van der Waals surface area (Å²) >= 11 is 1.14. The molecule has 3 rings (SSSR count). The molecular weight excluding hydrogens is 775 g/mol. The summed E-state index contributed by atoms with van der Waals surface area (Å²) in [7, 11) is 3.37. The number of likely N-dealkylation sites (tertiary alicyclic amines) is 1. The molecule has 0 spiro atoms. The van der Waals surface area contributed by atoms with Crippen LogP contribution in [-0.4, -0.2) is 101 Å². The second-order valence-corrected chi connectivity index (χ2v) is 17.7. The van der Waals surface area contributed by atoms with E-state index in [1.165, 1.54) is 12.1 Å². The van der Waals surface area contributed by atoms with Crippen LogP contribution in [0.25, 0.3) is 0 Å². The van der Waals surface area contributed by atoms with E-state index in [0.717, 1.165) is 49.1 Å². The number of nitrogens with zero attached hydrogens (tertiary/aromatic N) is 3. The van der Waals surface area contributed by atoms with Crippen molar-refractivity contribution in [3.8, 4) is 0 Å². The highest BCUT2D eigenvalue weighted by molar-refractivity contribution is 7.09. The lowest BCUT2D eigenvalue weighted by molar-refractivity contribution is -0.212. The third-order valence-corrected chi connectivity index (χ3v) is 12.1. The molecule has 59 heavy (non-hydrogen) atoms. The fourth-order valence-corrected chi connectivity index (χ4v) is 8.01. The van der Waals surface area contributed by atoms with Gasteiger partial charge in [0.1, 0.15) is 16.7 Å². The maximum Gasteiger partial charge on any atom is 0.407 e. The van der Waals surface area contributed by atoms with Crippen molar-refractivity contribution >= 4 is 46.8 Å². The number of hydrogen-bond acceptors (Lipinski definition) is 11. The molecule has 0 bridgehead atoms. The summed E-state index contributed by atoms with van der Waals surface area (Å²) in [6.45, 7) is 14.2. The van der Waals surface area contributed by atoms with Gasteiger partial charge in [-0.05, 0) is 89.1 Å². The van der Waals surface area contributed by atoms with Gasteiger partial charge in [-0.25, -0.2) is 14.8 Å². The zero-order valence-electron chi connectivity index (χ0n) is 36.5. The number of rotatable bonds is 23. The Labute approximate surface area is 354 Å². The third kappa shape index (κ3) is 14.7. The number of carbonyl (C=O) groups excluding carboxylic acids is 4. The van der Waals surface area contributed by atoms with E-state index in [4.69, 9.17) is 15.3 Å². The molecule has 0 unspecified atom stereocenters. The lowest BCUT2D eigenvalue weighted by Crippen LogP contribution is -2.58. The van der Waals surface area contributed by atoms with Crippen molar-refractivity contribution in [3.63, 3.8) is 0 Å². The average Bonchev–Trinajstić information content (AvgIpc) is 3.69. The van der Waals surface area contributed by atoms with Gasteiger partial charge in [0.2, 0.25) is 5.91 Å². The predicted molar refractivity (Wildman–Crippen MR) is 229 cm³/mol. The summed E-state index contributed by atoms with van der Waals surface area (Å²) in [4.78, 5) is 80.2. The zero-order valence-corrected chi connectivity index (χ0v) is 37.4. The number of aliphatic carboxylic acids is 1. The van der Waals surface area contributed by atoms with E-state index in [-0.39, 0.29) is 54.8 Å². The smallest absolute Gasteiger partial charge is 0.407 e. The summed E-state index contributed by atoms with van der Waals surface area (Å²) in [5, 5.41) is 21.8. The number of nitrogens with two attached hydrogens (primary N) is 1. The normalized spacial score (nSPS) is 17.3. The molecule has 6 atom stereocenters. The molecular formula is C43H69N7O8S. The van der Waals surface area contributed by atoms with Gasteiger partial charge in [-0.15, -0.1) is 11.3 Å². The van der Waals surface area contributed by atoms with Gasteiger partial charge in [-0.2, -0.15) is 0 Å². The molecule has 1 fully saturated rings. The van der Waals surface area contributed by atoms with Crippen molar-refractivity contribution in [2.24, 2.45) is 17.3 Å². The first-order valence-corrected chi connectivity index (χ1v) is 22.0. The molecule has 1 aliphatic rings. The molecule has 1 saturated heterocycles. The minimum atomic E-state index is -1.14. The van der Waals surface area contributed by atoms with Gasteiger partial charge in [0.15, 0.2) is 6.10 Å². The number of hydroxylamine groups is 2. The van der Waals surface area contributed by atoms with Gasteiger partial charge in [-0.3, -0.25) is 28.9 Å². The van der Waals surface area contributed by atoms with Gasteiger partial charge in [-0.1, -0.05) is 72.4 Å². The summed E-state index contributed by atoms with van der Waals surface area (Å²) in [6.07, 6.45) is 4.73. The zero-order chi connectivity index (χ0) is 43.9. The molecule has 1 aliphatic heterocycles. The number of carboxylic acids is 1. The Hall–Kier alpha value is -4.28. The van der Waals surface area contributed by atoms with Crippen LogP contribution >= 0.6 is 11.3 Å². The van der Waals surface area contributed by atoms with Crippen LogP contribution in [0.2, 0.25) is 0 Å². The summed E-state index contributed by atoms with van der Waals surface area (Å²) in [5.41, 5.74) is 6.27. The highest BCUT2D eigenvalue weighted by Crippen LogP contribution is 2.32. The Morgan fingerprint density at radius 2 is 1.76 bits per heavy atom. The quantitative estimate of drug-likeness (QED) is 0.0474. The number of thiazole rings is 1. The first kappa shape index (κ1) is 49.1. The largest absolute Gasteiger partial charge is 0.481 e. The molecule has 16 heteroatoms. The van der Waals surface area contributed by atoms with E-state index in [2.05, 4.69) is 27.9 Å². The van der Waals surface area contributed by atoms with Crippen LogP contribution in [-0.2, 0) is 30.4 Å². The summed E-state index contributed by atoms with van der Waals surface area (Å²) in [5.74, 6) is -2.48. The monoisotopic (exact) mass is 843 g/mol. The van der Waals surface area contributed by atoms with Crippen LogP contribution in [0.1, 0.15) is 133 Å². The van der Waals surface area contributed by atoms with Crippen LogP contribution in [0.3, 0.4) is 0 Å². The van der Waals surface area contributed by atoms with E-state index >= 15 is 0 Å². The van der Waals surface area contributed by atoms with Crippen LogP contribution in [0.4, 0.5) is 10.5 Å². The van der Waals surface area contributed by atoms with Crippen molar-refractivity contribution < 1.29 is 38.7 Å². The lowest BCUT2D eigenvalue weighted by Gasteiger charge is -2.39. The standard InChI is InChI=1S/C43H69N7O8S/c1-10-12-15-22-57-50(40(53)36(28(5)11-2)48-38(52)33-16-13-14-21-49(33)9)34(27(3)4)24-35(58-42(56)45-8)39-47-32(26-59-39)37(51)46-31(25-43(6,7)41(54)55)23-29-17-19-30(44)20-18-29/h17-20,26-28,31,33-36H,10-16,21-25,44H2,1-9H3,(H,45,56)(H,46,51)(H,48,52)(H,54,55)/t28-,31-,33+,34+,35+,36-/m0/s1. The number of carboxylic acid groups (broad SMARTS) is 1. The van der Waals surface area contributed by atoms with E-state index in [1.807, 2.05) is 51.8 Å². The van der Waals surface area contributed by atoms with Crippen molar-refractivity contribution in [3.05, 3.63) is 45.9 Å². The SMILES string of the molecule is CCCCCON(C(=O)[C@@H](NC(=O)[C@H]1CCCCN1C)[C@@H](C)CC)[C@H](C[C@@H](OC(=O)NC)c1nc(C(=O)N[C@@H](Cc2ccc(N)cc2)CC(C)(C)C(=O)O)cs1)C(C)C. The highest BCUT2D eigenvalue weighted by Gasteiger charge is 2.40. The number of unbranched alkanes of at least 4 members (excludes halogenated alkanes) is 2. The number of likely N-dealkylation sites (N-methyl/N-ethyl adjacent to an activating group) is 1. The number of piperidine rings is 1. The Bertz CT molecular complexity index is 1670. The Kier molecular flexibility index (Phi) is 19.5. The molecule has 2 aromatic rings. The molecule has 4 amide bonds. The number of benzene rings is 1. The van der Waals surface area contributed by atoms with Crippen molar-refractivity contribution in [2.75, 3.05) is 33.0 Å². The average molecular weight is 844 g/mol. The molecule has 1 aromatic carbocycles. The Morgan fingerprint density at radius 3 is 2.36 bits per heavy atom. The predicted octanol–water partition coefficient (Wildman–Crippen LogP) is 6.34. The van der Waals surface area contributed by atoms with Gasteiger partial charge < -0.3 is 31.5 Å². The number of ether oxygens (including phenoxy) is 1. The molecule has 0 saturated carbocycles. The molecule has 0 aliphatic carbocycles. The molecule has 1 aromatic heterocycles. The number of hydrogen-bond donors (Lipinski definition) is 5. The van der Waals surface area contributed by atoms with Crippen LogP contribution in [0.15, 0.2) is 29.6 Å².